The molecule has 0 saturated heterocycles. The highest BCUT2D eigenvalue weighted by Crippen LogP contribution is 2.39. The first-order valence-electron chi connectivity index (χ1n) is 7.08. The van der Waals surface area contributed by atoms with Gasteiger partial charge in [0.15, 0.2) is 0 Å². The molecule has 0 bridgehead atoms. The van der Waals surface area contributed by atoms with Crippen molar-refractivity contribution < 1.29 is 18.7 Å². The Hall–Kier alpha value is -1.99. The summed E-state index contributed by atoms with van der Waals surface area (Å²) >= 11 is 5.85. The molecule has 1 unspecified atom stereocenters. The maximum Gasteiger partial charge on any atom is 0.271 e. The number of carbonyl (C=O) groups is 1. The molecule has 1 aromatic heterocycles. The van der Waals surface area contributed by atoms with E-state index in [1.807, 2.05) is 0 Å². The van der Waals surface area contributed by atoms with Crippen LogP contribution in [0.4, 0.5) is 8.78 Å². The highest BCUT2D eigenvalue weighted by molar-refractivity contribution is 6.33. The second-order valence-electron chi connectivity index (χ2n) is 5.60. The molecule has 3 rings (SSSR count). The van der Waals surface area contributed by atoms with E-state index in [0.29, 0.717) is 12.8 Å². The molecular formula is C15H14ClF2N3O2. The molecule has 0 radical (unpaired) electrons. The zero-order valence-electron chi connectivity index (χ0n) is 11.9. The SMILES string of the molecule is O=C(NC(c1ccc(F)cc1F)C1CC(O)C1)c1[nH]ncc1Cl. The molecular weight excluding hydrogens is 328 g/mol. The number of rotatable bonds is 4. The van der Waals surface area contributed by atoms with Gasteiger partial charge in [0.05, 0.1) is 23.4 Å². The molecule has 0 spiro atoms. The second-order valence-corrected chi connectivity index (χ2v) is 6.00. The van der Waals surface area contributed by atoms with Crippen LogP contribution in [-0.4, -0.2) is 27.3 Å². The Morgan fingerprint density at radius 2 is 2.17 bits per heavy atom. The van der Waals surface area contributed by atoms with Crippen molar-refractivity contribution in [3.05, 3.63) is 52.3 Å². The zero-order chi connectivity index (χ0) is 16.6. The van der Waals surface area contributed by atoms with E-state index in [-0.39, 0.29) is 22.2 Å². The molecule has 1 aliphatic carbocycles. The predicted molar refractivity (Wildman–Crippen MR) is 78.9 cm³/mol. The Labute approximate surface area is 135 Å². The third kappa shape index (κ3) is 3.20. The van der Waals surface area contributed by atoms with Gasteiger partial charge in [-0.25, -0.2) is 8.78 Å². The summed E-state index contributed by atoms with van der Waals surface area (Å²) in [5.74, 6) is -2.12. The molecule has 1 saturated carbocycles. The van der Waals surface area contributed by atoms with Gasteiger partial charge < -0.3 is 10.4 Å². The summed E-state index contributed by atoms with van der Waals surface area (Å²) in [6, 6.07) is 2.52. The number of hydrogen-bond donors (Lipinski definition) is 3. The molecule has 3 N–H and O–H groups in total. The summed E-state index contributed by atoms with van der Waals surface area (Å²) in [4.78, 5) is 12.3. The monoisotopic (exact) mass is 341 g/mol. The van der Waals surface area contributed by atoms with E-state index in [1.165, 1.54) is 12.3 Å². The summed E-state index contributed by atoms with van der Waals surface area (Å²) in [5.41, 5.74) is 0.242. The molecule has 1 atom stereocenters. The fourth-order valence-electron chi connectivity index (χ4n) is 2.75. The molecule has 1 heterocycles. The minimum absolute atomic E-state index is 0.0686. The number of hydrogen-bond acceptors (Lipinski definition) is 3. The van der Waals surface area contributed by atoms with E-state index < -0.39 is 29.7 Å². The van der Waals surface area contributed by atoms with Crippen LogP contribution >= 0.6 is 11.6 Å². The summed E-state index contributed by atoms with van der Waals surface area (Å²) in [6.45, 7) is 0. The van der Waals surface area contributed by atoms with E-state index in [9.17, 15) is 18.7 Å². The average molecular weight is 342 g/mol. The van der Waals surface area contributed by atoms with Gasteiger partial charge in [-0.1, -0.05) is 17.7 Å². The van der Waals surface area contributed by atoms with Crippen LogP contribution in [0.5, 0.6) is 0 Å². The van der Waals surface area contributed by atoms with E-state index >= 15 is 0 Å². The van der Waals surface area contributed by atoms with Crippen LogP contribution in [0.1, 0.15) is 34.9 Å². The molecule has 1 aromatic carbocycles. The Morgan fingerprint density at radius 3 is 2.74 bits per heavy atom. The highest BCUT2D eigenvalue weighted by atomic mass is 35.5. The Bertz CT molecular complexity index is 731. The number of carbonyl (C=O) groups excluding carboxylic acids is 1. The Balaban J connectivity index is 1.87. The van der Waals surface area contributed by atoms with Crippen molar-refractivity contribution in [2.45, 2.75) is 25.0 Å². The Kier molecular flexibility index (Phi) is 4.32. The number of halogens is 3. The van der Waals surface area contributed by atoms with Gasteiger partial charge in [0.1, 0.15) is 17.3 Å². The lowest BCUT2D eigenvalue weighted by molar-refractivity contribution is 0.0228. The molecule has 23 heavy (non-hydrogen) atoms. The van der Waals surface area contributed by atoms with Crippen LogP contribution < -0.4 is 5.32 Å². The van der Waals surface area contributed by atoms with Crippen LogP contribution in [0, 0.1) is 17.6 Å². The van der Waals surface area contributed by atoms with Crippen LogP contribution in [0.2, 0.25) is 5.02 Å². The molecule has 122 valence electrons. The highest BCUT2D eigenvalue weighted by Gasteiger charge is 2.37. The van der Waals surface area contributed by atoms with Gasteiger partial charge in [0.2, 0.25) is 0 Å². The van der Waals surface area contributed by atoms with Gasteiger partial charge in [-0.3, -0.25) is 9.89 Å². The number of nitrogens with zero attached hydrogens (tertiary/aromatic N) is 1. The van der Waals surface area contributed by atoms with E-state index in [2.05, 4.69) is 15.5 Å². The van der Waals surface area contributed by atoms with Gasteiger partial charge in [-0.05, 0) is 24.8 Å². The van der Waals surface area contributed by atoms with Crippen LogP contribution in [-0.2, 0) is 0 Å². The average Bonchev–Trinajstić information content (AvgIpc) is 2.88. The molecule has 1 fully saturated rings. The lowest BCUT2D eigenvalue weighted by atomic mass is 9.75. The molecule has 0 aliphatic heterocycles. The van der Waals surface area contributed by atoms with Crippen molar-refractivity contribution in [1.82, 2.24) is 15.5 Å². The summed E-state index contributed by atoms with van der Waals surface area (Å²) < 4.78 is 27.2. The molecule has 1 aliphatic rings. The van der Waals surface area contributed by atoms with Crippen molar-refractivity contribution in [1.29, 1.82) is 0 Å². The minimum Gasteiger partial charge on any atom is -0.393 e. The topological polar surface area (TPSA) is 78.0 Å². The maximum atomic E-state index is 14.1. The number of amides is 1. The van der Waals surface area contributed by atoms with E-state index in [0.717, 1.165) is 12.1 Å². The van der Waals surface area contributed by atoms with Crippen molar-refractivity contribution in [2.75, 3.05) is 0 Å². The van der Waals surface area contributed by atoms with Crippen molar-refractivity contribution in [3.8, 4) is 0 Å². The number of aromatic amines is 1. The van der Waals surface area contributed by atoms with Gasteiger partial charge in [-0.15, -0.1) is 0 Å². The first-order chi connectivity index (χ1) is 11.0. The van der Waals surface area contributed by atoms with E-state index in [4.69, 9.17) is 11.6 Å². The number of aliphatic hydroxyl groups is 1. The zero-order valence-corrected chi connectivity index (χ0v) is 12.6. The summed E-state index contributed by atoms with van der Waals surface area (Å²) in [6.07, 6.45) is 1.67. The lowest BCUT2D eigenvalue weighted by Gasteiger charge is -2.38. The van der Waals surface area contributed by atoms with Crippen molar-refractivity contribution in [2.24, 2.45) is 5.92 Å². The molecule has 8 heteroatoms. The summed E-state index contributed by atoms with van der Waals surface area (Å²) in [7, 11) is 0. The smallest absolute Gasteiger partial charge is 0.271 e. The second kappa shape index (κ2) is 6.25. The summed E-state index contributed by atoms with van der Waals surface area (Å²) in [5, 5.41) is 18.5. The van der Waals surface area contributed by atoms with Crippen LogP contribution in [0.3, 0.4) is 0 Å². The Morgan fingerprint density at radius 1 is 1.43 bits per heavy atom. The normalized spacial score (nSPS) is 21.6. The fraction of sp³-hybridized carbons (Fsp3) is 0.333. The molecule has 1 amide bonds. The molecule has 2 aromatic rings. The van der Waals surface area contributed by atoms with Crippen LogP contribution in [0.15, 0.2) is 24.4 Å². The van der Waals surface area contributed by atoms with Gasteiger partial charge in [0.25, 0.3) is 5.91 Å². The number of aliphatic hydroxyl groups excluding tert-OH is 1. The van der Waals surface area contributed by atoms with Crippen molar-refractivity contribution >= 4 is 17.5 Å². The standard InChI is InChI=1S/C15H14ClF2N3O2/c16-11-6-19-21-14(11)15(23)20-13(7-3-9(22)4-7)10-2-1-8(17)5-12(10)18/h1-2,5-7,9,13,22H,3-4H2,(H,19,21)(H,20,23). The third-order valence-electron chi connectivity index (χ3n) is 4.03. The largest absolute Gasteiger partial charge is 0.393 e. The lowest BCUT2D eigenvalue weighted by Crippen LogP contribution is -2.42. The predicted octanol–water partition coefficient (Wildman–Crippen LogP) is 2.58. The fourth-order valence-corrected chi connectivity index (χ4v) is 2.93. The third-order valence-corrected chi connectivity index (χ3v) is 4.31. The first-order valence-corrected chi connectivity index (χ1v) is 7.46. The van der Waals surface area contributed by atoms with Crippen molar-refractivity contribution in [3.63, 3.8) is 0 Å². The molecule has 5 nitrogen and oxygen atoms in total. The number of H-pyrrole nitrogens is 1. The minimum atomic E-state index is -0.743. The quantitative estimate of drug-likeness (QED) is 0.800. The maximum absolute atomic E-state index is 14.1. The van der Waals surface area contributed by atoms with E-state index in [1.54, 1.807) is 0 Å². The number of aromatic nitrogens is 2. The van der Waals surface area contributed by atoms with Crippen LogP contribution in [0.25, 0.3) is 0 Å². The van der Waals surface area contributed by atoms with Gasteiger partial charge in [-0.2, -0.15) is 5.10 Å². The first kappa shape index (κ1) is 15.9. The number of nitrogens with one attached hydrogen (secondary N) is 2. The van der Waals surface area contributed by atoms with Gasteiger partial charge in [0, 0.05) is 11.6 Å². The van der Waals surface area contributed by atoms with Gasteiger partial charge >= 0.3 is 0 Å². The number of benzene rings is 1.